The maximum atomic E-state index is 6.39. The lowest BCUT2D eigenvalue weighted by atomic mass is 9.88. The second-order valence-corrected chi connectivity index (χ2v) is 5.18. The van der Waals surface area contributed by atoms with Crippen molar-refractivity contribution in [2.75, 3.05) is 13.2 Å². The molecule has 0 saturated carbocycles. The summed E-state index contributed by atoms with van der Waals surface area (Å²) >= 11 is 1.61. The monoisotopic (exact) mass is 250 g/mol. The summed E-state index contributed by atoms with van der Waals surface area (Å²) in [5.74, 6) is 0. The molecule has 0 amide bonds. The van der Waals surface area contributed by atoms with Crippen LogP contribution in [-0.4, -0.2) is 18.2 Å². The van der Waals surface area contributed by atoms with Crippen molar-refractivity contribution in [1.82, 2.24) is 4.98 Å². The lowest BCUT2D eigenvalue weighted by Gasteiger charge is -2.31. The Morgan fingerprint density at radius 1 is 1.35 bits per heavy atom. The first-order valence-corrected chi connectivity index (χ1v) is 6.51. The van der Waals surface area contributed by atoms with Crippen molar-refractivity contribution in [3.8, 4) is 10.6 Å². The van der Waals surface area contributed by atoms with Crippen LogP contribution in [0.5, 0.6) is 0 Å². The fourth-order valence-electron chi connectivity index (χ4n) is 2.01. The van der Waals surface area contributed by atoms with E-state index in [0.29, 0.717) is 0 Å². The van der Waals surface area contributed by atoms with Gasteiger partial charge in [-0.3, -0.25) is 0 Å². The van der Waals surface area contributed by atoms with Crippen LogP contribution in [0.2, 0.25) is 0 Å². The van der Waals surface area contributed by atoms with Gasteiger partial charge in [0.1, 0.15) is 11.3 Å². The number of thiazole rings is 1. The van der Waals surface area contributed by atoms with Crippen molar-refractivity contribution in [1.29, 1.82) is 0 Å². The Morgan fingerprint density at radius 2 is 2.18 bits per heavy atom. The molecule has 5 heteroatoms. The zero-order valence-corrected chi connectivity index (χ0v) is 10.2. The van der Waals surface area contributed by atoms with E-state index in [-0.39, 0.29) is 5.54 Å². The number of hydrogen-bond acceptors (Lipinski definition) is 5. The predicted molar refractivity (Wildman–Crippen MR) is 65.7 cm³/mol. The molecule has 90 valence electrons. The molecule has 1 fully saturated rings. The van der Waals surface area contributed by atoms with Crippen LogP contribution in [-0.2, 0) is 10.3 Å². The van der Waals surface area contributed by atoms with Gasteiger partial charge in [0.2, 0.25) is 0 Å². The molecule has 0 unspecified atom stereocenters. The van der Waals surface area contributed by atoms with Gasteiger partial charge >= 0.3 is 0 Å². The molecule has 0 aliphatic carbocycles. The Bertz CT molecular complexity index is 486. The molecule has 3 heterocycles. The van der Waals surface area contributed by atoms with Gasteiger partial charge in [0.15, 0.2) is 0 Å². The van der Waals surface area contributed by atoms with E-state index in [1.807, 2.05) is 11.4 Å². The Kier molecular flexibility index (Phi) is 2.74. The summed E-state index contributed by atoms with van der Waals surface area (Å²) in [7, 11) is 0. The molecule has 0 aromatic carbocycles. The molecule has 2 N–H and O–H groups in total. The summed E-state index contributed by atoms with van der Waals surface area (Å²) in [5, 5.41) is 3.01. The standard InChI is InChI=1S/C12H14N2O2S/c13-12(2-5-15-6-3-12)10-8-17-11(14-10)9-1-4-16-7-9/h1,4,7-8H,2-3,5-6,13H2. The normalized spacial score (nSPS) is 19.4. The van der Waals surface area contributed by atoms with Gasteiger partial charge in [0, 0.05) is 24.2 Å². The van der Waals surface area contributed by atoms with E-state index >= 15 is 0 Å². The quantitative estimate of drug-likeness (QED) is 0.888. The van der Waals surface area contributed by atoms with Gasteiger partial charge in [0.05, 0.1) is 17.5 Å². The lowest BCUT2D eigenvalue weighted by molar-refractivity contribution is 0.0510. The zero-order valence-electron chi connectivity index (χ0n) is 9.39. The van der Waals surface area contributed by atoms with Crippen molar-refractivity contribution in [3.05, 3.63) is 29.7 Å². The third-order valence-corrected chi connectivity index (χ3v) is 4.06. The fraction of sp³-hybridized carbons (Fsp3) is 0.417. The minimum absolute atomic E-state index is 0.323. The van der Waals surface area contributed by atoms with E-state index in [0.717, 1.165) is 42.3 Å². The largest absolute Gasteiger partial charge is 0.472 e. The number of hydrogen-bond donors (Lipinski definition) is 1. The molecule has 1 aliphatic heterocycles. The number of furan rings is 1. The van der Waals surface area contributed by atoms with Crippen LogP contribution in [0.4, 0.5) is 0 Å². The average molecular weight is 250 g/mol. The van der Waals surface area contributed by atoms with Gasteiger partial charge < -0.3 is 14.9 Å². The van der Waals surface area contributed by atoms with Gasteiger partial charge in [-0.15, -0.1) is 11.3 Å². The number of ether oxygens (including phenoxy) is 1. The second-order valence-electron chi connectivity index (χ2n) is 4.32. The molecule has 1 aliphatic rings. The number of nitrogens with zero attached hydrogens (tertiary/aromatic N) is 1. The summed E-state index contributed by atoms with van der Waals surface area (Å²) in [5.41, 5.74) is 8.05. The van der Waals surface area contributed by atoms with Crippen LogP contribution in [0.15, 0.2) is 28.4 Å². The van der Waals surface area contributed by atoms with E-state index in [9.17, 15) is 0 Å². The fourth-order valence-corrected chi connectivity index (χ4v) is 2.93. The Balaban J connectivity index is 1.89. The van der Waals surface area contributed by atoms with Crippen LogP contribution in [0.1, 0.15) is 18.5 Å². The summed E-state index contributed by atoms with van der Waals surface area (Å²) in [6.07, 6.45) is 5.03. The van der Waals surface area contributed by atoms with Crippen molar-refractivity contribution in [2.45, 2.75) is 18.4 Å². The van der Waals surface area contributed by atoms with Gasteiger partial charge in [-0.05, 0) is 18.9 Å². The maximum Gasteiger partial charge on any atom is 0.126 e. The molecule has 0 bridgehead atoms. The molecule has 2 aromatic rings. The first kappa shape index (κ1) is 11.0. The SMILES string of the molecule is NC1(c2csc(-c3ccoc3)n2)CCOCC1. The highest BCUT2D eigenvalue weighted by molar-refractivity contribution is 7.13. The van der Waals surface area contributed by atoms with E-state index in [2.05, 4.69) is 4.98 Å². The van der Waals surface area contributed by atoms with Crippen molar-refractivity contribution in [2.24, 2.45) is 5.73 Å². The van der Waals surface area contributed by atoms with Crippen molar-refractivity contribution >= 4 is 11.3 Å². The minimum atomic E-state index is -0.323. The first-order valence-electron chi connectivity index (χ1n) is 5.63. The summed E-state index contributed by atoms with van der Waals surface area (Å²) in [6, 6.07) is 1.91. The van der Waals surface area contributed by atoms with E-state index < -0.39 is 0 Å². The summed E-state index contributed by atoms with van der Waals surface area (Å²) in [6.45, 7) is 1.43. The van der Waals surface area contributed by atoms with Crippen LogP contribution in [0.3, 0.4) is 0 Å². The molecule has 0 spiro atoms. The highest BCUT2D eigenvalue weighted by Gasteiger charge is 2.32. The predicted octanol–water partition coefficient (Wildman–Crippen LogP) is 2.37. The van der Waals surface area contributed by atoms with Gasteiger partial charge in [-0.2, -0.15) is 0 Å². The maximum absolute atomic E-state index is 6.39. The highest BCUT2D eigenvalue weighted by Crippen LogP contribution is 2.33. The Morgan fingerprint density at radius 3 is 2.88 bits per heavy atom. The van der Waals surface area contributed by atoms with Crippen molar-refractivity contribution < 1.29 is 9.15 Å². The number of nitrogens with two attached hydrogens (primary N) is 1. The molecule has 0 atom stereocenters. The summed E-state index contributed by atoms with van der Waals surface area (Å²) in [4.78, 5) is 4.63. The number of rotatable bonds is 2. The topological polar surface area (TPSA) is 61.3 Å². The minimum Gasteiger partial charge on any atom is -0.472 e. The van der Waals surface area contributed by atoms with Crippen LogP contribution >= 0.6 is 11.3 Å². The van der Waals surface area contributed by atoms with Crippen molar-refractivity contribution in [3.63, 3.8) is 0 Å². The number of aromatic nitrogens is 1. The average Bonchev–Trinajstić information content (AvgIpc) is 3.01. The smallest absolute Gasteiger partial charge is 0.126 e. The molecule has 2 aromatic heterocycles. The molecular weight excluding hydrogens is 236 g/mol. The molecule has 0 radical (unpaired) electrons. The third-order valence-electron chi connectivity index (χ3n) is 3.17. The molecule has 3 rings (SSSR count). The third kappa shape index (κ3) is 2.01. The zero-order chi connectivity index (χ0) is 11.7. The second kappa shape index (κ2) is 4.25. The van der Waals surface area contributed by atoms with Gasteiger partial charge in [0.25, 0.3) is 0 Å². The molecule has 4 nitrogen and oxygen atoms in total. The Hall–Kier alpha value is -1.17. The lowest BCUT2D eigenvalue weighted by Crippen LogP contribution is -2.42. The van der Waals surface area contributed by atoms with Crippen LogP contribution < -0.4 is 5.73 Å². The van der Waals surface area contributed by atoms with E-state index in [4.69, 9.17) is 14.9 Å². The molecule has 17 heavy (non-hydrogen) atoms. The molecule has 1 saturated heterocycles. The van der Waals surface area contributed by atoms with Crippen LogP contribution in [0, 0.1) is 0 Å². The highest BCUT2D eigenvalue weighted by atomic mass is 32.1. The van der Waals surface area contributed by atoms with Gasteiger partial charge in [-0.25, -0.2) is 4.98 Å². The summed E-state index contributed by atoms with van der Waals surface area (Å²) < 4.78 is 10.4. The van der Waals surface area contributed by atoms with E-state index in [1.165, 1.54) is 0 Å². The first-order chi connectivity index (χ1) is 8.28. The van der Waals surface area contributed by atoms with Crippen LogP contribution in [0.25, 0.3) is 10.6 Å². The van der Waals surface area contributed by atoms with E-state index in [1.54, 1.807) is 23.9 Å². The Labute approximate surface area is 103 Å². The molecular formula is C12H14N2O2S. The van der Waals surface area contributed by atoms with Gasteiger partial charge in [-0.1, -0.05) is 0 Å².